The van der Waals surface area contributed by atoms with Gasteiger partial charge in [0.15, 0.2) is 0 Å². The molecule has 0 aliphatic carbocycles. The van der Waals surface area contributed by atoms with E-state index < -0.39 is 44.3 Å². The highest BCUT2D eigenvalue weighted by Crippen LogP contribution is 2.24. The largest absolute Gasteiger partial charge is 0.478 e. The van der Waals surface area contributed by atoms with Crippen molar-refractivity contribution >= 4 is 28.0 Å². The van der Waals surface area contributed by atoms with Gasteiger partial charge >= 0.3 is 11.9 Å². The SMILES string of the molecule is C=CC(=O)NC(C)(C)C(/C(=C/C(=O)O)C(=O)O)S(=O)(=O)O. The third-order valence-electron chi connectivity index (χ3n) is 2.39. The van der Waals surface area contributed by atoms with Gasteiger partial charge < -0.3 is 15.5 Å². The summed E-state index contributed by atoms with van der Waals surface area (Å²) in [5, 5.41) is 17.5. The summed E-state index contributed by atoms with van der Waals surface area (Å²) in [4.78, 5) is 33.0. The second-order valence-electron chi connectivity index (χ2n) is 4.55. The van der Waals surface area contributed by atoms with E-state index in [4.69, 9.17) is 10.2 Å². The Hall–Kier alpha value is -2.20. The molecule has 1 atom stereocenters. The highest BCUT2D eigenvalue weighted by Gasteiger charge is 2.45. The van der Waals surface area contributed by atoms with Gasteiger partial charge in [0.2, 0.25) is 5.91 Å². The maximum atomic E-state index is 11.5. The zero-order valence-corrected chi connectivity index (χ0v) is 12.0. The van der Waals surface area contributed by atoms with Crippen LogP contribution in [-0.2, 0) is 24.5 Å². The van der Waals surface area contributed by atoms with E-state index in [1.165, 1.54) is 0 Å². The summed E-state index contributed by atoms with van der Waals surface area (Å²) in [5.41, 5.74) is -2.90. The van der Waals surface area contributed by atoms with Crippen molar-refractivity contribution in [3.8, 4) is 0 Å². The molecular formula is C11H15NO8S. The van der Waals surface area contributed by atoms with Gasteiger partial charge in [0.05, 0.1) is 11.1 Å². The summed E-state index contributed by atoms with van der Waals surface area (Å²) in [5.74, 6) is -4.40. The van der Waals surface area contributed by atoms with Crippen LogP contribution in [0, 0.1) is 0 Å². The Morgan fingerprint density at radius 1 is 1.24 bits per heavy atom. The predicted molar refractivity (Wildman–Crippen MR) is 71.1 cm³/mol. The molecule has 0 aromatic heterocycles. The molecule has 0 spiro atoms. The van der Waals surface area contributed by atoms with Crippen LogP contribution in [0.1, 0.15) is 13.8 Å². The first-order chi connectivity index (χ1) is 9.32. The average Bonchev–Trinajstić information content (AvgIpc) is 2.24. The molecule has 0 bridgehead atoms. The van der Waals surface area contributed by atoms with Gasteiger partial charge in [0.1, 0.15) is 5.25 Å². The van der Waals surface area contributed by atoms with E-state index in [-0.39, 0.29) is 6.08 Å². The molecule has 21 heavy (non-hydrogen) atoms. The number of carbonyl (C=O) groups excluding carboxylic acids is 1. The Morgan fingerprint density at radius 2 is 1.71 bits per heavy atom. The fourth-order valence-corrected chi connectivity index (χ4v) is 3.03. The van der Waals surface area contributed by atoms with Gasteiger partial charge in [-0.05, 0) is 19.9 Å². The molecule has 1 amide bonds. The molecule has 0 heterocycles. The van der Waals surface area contributed by atoms with Crippen LogP contribution in [0.2, 0.25) is 0 Å². The van der Waals surface area contributed by atoms with Crippen molar-refractivity contribution < 1.29 is 37.6 Å². The van der Waals surface area contributed by atoms with E-state index in [1.807, 2.05) is 0 Å². The van der Waals surface area contributed by atoms with Crippen LogP contribution in [-0.4, -0.2) is 51.8 Å². The molecule has 4 N–H and O–H groups in total. The summed E-state index contributed by atoms with van der Waals surface area (Å²) in [6.45, 7) is 5.38. The van der Waals surface area contributed by atoms with Crippen LogP contribution in [0.15, 0.2) is 24.3 Å². The number of carboxylic acids is 2. The van der Waals surface area contributed by atoms with Gasteiger partial charge in [0, 0.05) is 6.08 Å². The van der Waals surface area contributed by atoms with E-state index >= 15 is 0 Å². The summed E-state index contributed by atoms with van der Waals surface area (Å²) in [6, 6.07) is 0. The van der Waals surface area contributed by atoms with Crippen LogP contribution < -0.4 is 5.32 Å². The first-order valence-electron chi connectivity index (χ1n) is 5.41. The van der Waals surface area contributed by atoms with E-state index in [9.17, 15) is 27.4 Å². The number of carboxylic acid groups (broad SMARTS) is 2. The van der Waals surface area contributed by atoms with Crippen molar-refractivity contribution in [3.05, 3.63) is 24.3 Å². The summed E-state index contributed by atoms with van der Waals surface area (Å²) >= 11 is 0. The molecule has 0 rings (SSSR count). The Kier molecular flexibility index (Phi) is 5.82. The molecule has 118 valence electrons. The lowest BCUT2D eigenvalue weighted by atomic mass is 9.93. The van der Waals surface area contributed by atoms with E-state index in [0.717, 1.165) is 19.9 Å². The van der Waals surface area contributed by atoms with E-state index in [1.54, 1.807) is 0 Å². The molecule has 0 saturated heterocycles. The second-order valence-corrected chi connectivity index (χ2v) is 6.05. The molecule has 0 aliphatic heterocycles. The van der Waals surface area contributed by atoms with Crippen LogP contribution in [0.4, 0.5) is 0 Å². The van der Waals surface area contributed by atoms with Gasteiger partial charge in [-0.15, -0.1) is 0 Å². The minimum absolute atomic E-state index is 0.141. The molecule has 0 aromatic carbocycles. The van der Waals surface area contributed by atoms with Crippen LogP contribution in [0.5, 0.6) is 0 Å². The predicted octanol–water partition coefficient (Wildman–Crippen LogP) is -0.581. The van der Waals surface area contributed by atoms with Gasteiger partial charge in [-0.1, -0.05) is 6.58 Å². The van der Waals surface area contributed by atoms with E-state index in [2.05, 4.69) is 11.9 Å². The molecule has 0 saturated carbocycles. The number of hydrogen-bond donors (Lipinski definition) is 4. The Morgan fingerprint density at radius 3 is 2.00 bits per heavy atom. The molecule has 1 unspecified atom stereocenters. The Bertz CT molecular complexity index is 602. The highest BCUT2D eigenvalue weighted by atomic mass is 32.2. The summed E-state index contributed by atoms with van der Waals surface area (Å²) < 4.78 is 32.1. The number of carbonyl (C=O) groups is 3. The van der Waals surface area contributed by atoms with Crippen LogP contribution in [0.25, 0.3) is 0 Å². The van der Waals surface area contributed by atoms with Gasteiger partial charge in [-0.2, -0.15) is 8.42 Å². The Balaban J connectivity index is 6.13. The molecule has 10 heteroatoms. The lowest BCUT2D eigenvalue weighted by molar-refractivity contribution is -0.135. The quantitative estimate of drug-likeness (QED) is 0.358. The number of rotatable bonds is 7. The normalized spacial score (nSPS) is 14.1. The first kappa shape index (κ1) is 18.8. The van der Waals surface area contributed by atoms with Crippen LogP contribution >= 0.6 is 0 Å². The van der Waals surface area contributed by atoms with Crippen molar-refractivity contribution in [2.45, 2.75) is 24.6 Å². The van der Waals surface area contributed by atoms with Gasteiger partial charge in [-0.25, -0.2) is 9.59 Å². The third-order valence-corrected chi connectivity index (χ3v) is 3.83. The fourth-order valence-electron chi connectivity index (χ4n) is 1.74. The zero-order chi connectivity index (χ0) is 17.0. The van der Waals surface area contributed by atoms with Gasteiger partial charge in [-0.3, -0.25) is 9.35 Å². The smallest absolute Gasteiger partial charge is 0.333 e. The molecule has 0 fully saturated rings. The van der Waals surface area contributed by atoms with Gasteiger partial charge in [0.25, 0.3) is 10.1 Å². The Labute approximate surface area is 120 Å². The minimum Gasteiger partial charge on any atom is -0.478 e. The van der Waals surface area contributed by atoms with E-state index in [0.29, 0.717) is 0 Å². The average molecular weight is 321 g/mol. The maximum absolute atomic E-state index is 11.5. The lowest BCUT2D eigenvalue weighted by Crippen LogP contribution is -2.56. The second kappa shape index (κ2) is 6.50. The number of amides is 1. The fraction of sp³-hybridized carbons (Fsp3) is 0.364. The number of hydrogen-bond acceptors (Lipinski definition) is 5. The molecule has 0 radical (unpaired) electrons. The molecule has 0 aliphatic rings. The standard InChI is InChI=1S/C11H15NO8S/c1-4-7(13)12-11(2,3)9(21(18,19)20)6(10(16)17)5-8(14)15/h4-5,9H,1H2,2-3H3,(H,12,13)(H,14,15)(H,16,17)(H,18,19,20)/b6-5-. The molecule has 9 nitrogen and oxygen atoms in total. The van der Waals surface area contributed by atoms with Crippen molar-refractivity contribution in [1.29, 1.82) is 0 Å². The van der Waals surface area contributed by atoms with Crippen molar-refractivity contribution in [2.24, 2.45) is 0 Å². The van der Waals surface area contributed by atoms with Crippen molar-refractivity contribution in [1.82, 2.24) is 5.32 Å². The topological polar surface area (TPSA) is 158 Å². The van der Waals surface area contributed by atoms with Crippen LogP contribution in [0.3, 0.4) is 0 Å². The minimum atomic E-state index is -5.03. The monoisotopic (exact) mass is 321 g/mol. The number of aliphatic carboxylic acids is 2. The summed E-state index contributed by atoms with van der Waals surface area (Å²) in [7, 11) is -5.03. The maximum Gasteiger partial charge on any atom is 0.333 e. The van der Waals surface area contributed by atoms with Crippen molar-refractivity contribution in [2.75, 3.05) is 0 Å². The third kappa shape index (κ3) is 5.36. The number of nitrogens with one attached hydrogen (secondary N) is 1. The highest BCUT2D eigenvalue weighted by molar-refractivity contribution is 7.86. The zero-order valence-electron chi connectivity index (χ0n) is 11.2. The first-order valence-corrected chi connectivity index (χ1v) is 6.92. The molecular weight excluding hydrogens is 306 g/mol. The lowest BCUT2D eigenvalue weighted by Gasteiger charge is -2.32. The van der Waals surface area contributed by atoms with Crippen molar-refractivity contribution in [3.63, 3.8) is 0 Å². The summed E-state index contributed by atoms with van der Waals surface area (Å²) in [6.07, 6.45) is 0.951. The molecule has 0 aromatic rings.